The van der Waals surface area contributed by atoms with E-state index in [1.54, 1.807) is 0 Å². The SMILES string of the molecule is CNC(=O)C(CCC=O)N1C(=O)c2cccc(OCC=O)c2C1=O.CNCCOCCOCCOCCOCCO. The third-order valence-electron chi connectivity index (χ3n) is 5.48. The van der Waals surface area contributed by atoms with Gasteiger partial charge in [-0.25, -0.2) is 0 Å². The van der Waals surface area contributed by atoms with Gasteiger partial charge in [0.1, 0.15) is 24.7 Å². The average molecular weight is 584 g/mol. The van der Waals surface area contributed by atoms with E-state index in [0.29, 0.717) is 65.4 Å². The van der Waals surface area contributed by atoms with E-state index in [1.165, 1.54) is 25.2 Å². The van der Waals surface area contributed by atoms with Gasteiger partial charge >= 0.3 is 0 Å². The lowest BCUT2D eigenvalue weighted by atomic mass is 10.1. The summed E-state index contributed by atoms with van der Waals surface area (Å²) in [6.07, 6.45) is 1.20. The zero-order chi connectivity index (χ0) is 30.3. The summed E-state index contributed by atoms with van der Waals surface area (Å²) >= 11 is 0. The Balaban J connectivity index is 0.000000438. The molecule has 0 radical (unpaired) electrons. The normalized spacial score (nSPS) is 12.8. The number of nitrogens with one attached hydrogen (secondary N) is 2. The van der Waals surface area contributed by atoms with E-state index in [-0.39, 0.29) is 42.9 Å². The molecular weight excluding hydrogens is 542 g/mol. The number of hydrogen-bond donors (Lipinski definition) is 3. The molecule has 0 saturated carbocycles. The molecule has 2 rings (SSSR count). The number of carbonyl (C=O) groups excluding carboxylic acids is 5. The molecule has 0 bridgehead atoms. The fourth-order valence-corrected chi connectivity index (χ4v) is 3.57. The number of carbonyl (C=O) groups is 5. The number of amides is 3. The third-order valence-corrected chi connectivity index (χ3v) is 5.48. The van der Waals surface area contributed by atoms with Gasteiger partial charge in [-0.3, -0.25) is 24.1 Å². The quantitative estimate of drug-likeness (QED) is 0.0882. The molecule has 0 aliphatic carbocycles. The summed E-state index contributed by atoms with van der Waals surface area (Å²) < 4.78 is 26.0. The van der Waals surface area contributed by atoms with Gasteiger partial charge in [0.25, 0.3) is 11.8 Å². The molecule has 0 fully saturated rings. The molecule has 41 heavy (non-hydrogen) atoms. The van der Waals surface area contributed by atoms with Crippen LogP contribution >= 0.6 is 0 Å². The van der Waals surface area contributed by atoms with Crippen LogP contribution < -0.4 is 15.4 Å². The summed E-state index contributed by atoms with van der Waals surface area (Å²) in [5.41, 5.74) is 0.118. The topological polar surface area (TPSA) is 179 Å². The predicted octanol–water partition coefficient (Wildman–Crippen LogP) is -0.781. The molecule has 0 saturated heterocycles. The maximum Gasteiger partial charge on any atom is 0.266 e. The number of nitrogens with zero attached hydrogens (tertiary/aromatic N) is 1. The van der Waals surface area contributed by atoms with E-state index < -0.39 is 23.8 Å². The second-order valence-electron chi connectivity index (χ2n) is 8.29. The summed E-state index contributed by atoms with van der Waals surface area (Å²) in [6, 6.07) is 3.35. The second-order valence-corrected chi connectivity index (χ2v) is 8.29. The lowest BCUT2D eigenvalue weighted by Crippen LogP contribution is -2.48. The van der Waals surface area contributed by atoms with Crippen molar-refractivity contribution >= 4 is 30.3 Å². The molecule has 3 amide bonds. The number of aliphatic hydroxyl groups excluding tert-OH is 1. The number of ether oxygens (including phenoxy) is 5. The van der Waals surface area contributed by atoms with Crippen LogP contribution in [0.25, 0.3) is 0 Å². The number of benzene rings is 1. The van der Waals surface area contributed by atoms with Crippen LogP contribution in [0.1, 0.15) is 33.6 Å². The molecule has 1 aliphatic rings. The van der Waals surface area contributed by atoms with Crippen molar-refractivity contribution in [2.24, 2.45) is 0 Å². The largest absolute Gasteiger partial charge is 0.485 e. The minimum Gasteiger partial charge on any atom is -0.485 e. The number of imide groups is 1. The van der Waals surface area contributed by atoms with Gasteiger partial charge in [-0.05, 0) is 25.6 Å². The van der Waals surface area contributed by atoms with Gasteiger partial charge < -0.3 is 44.2 Å². The fourth-order valence-electron chi connectivity index (χ4n) is 3.57. The minimum atomic E-state index is -1.09. The molecular formula is C27H41N3O11. The van der Waals surface area contributed by atoms with Crippen molar-refractivity contribution in [3.05, 3.63) is 29.3 Å². The van der Waals surface area contributed by atoms with Crippen LogP contribution in [0, 0.1) is 0 Å². The Kier molecular flexibility index (Phi) is 19.6. The van der Waals surface area contributed by atoms with Gasteiger partial charge in [-0.1, -0.05) is 6.07 Å². The first-order valence-electron chi connectivity index (χ1n) is 13.3. The van der Waals surface area contributed by atoms with Crippen LogP contribution in [0.2, 0.25) is 0 Å². The Morgan fingerprint density at radius 3 is 2.05 bits per heavy atom. The maximum atomic E-state index is 12.7. The molecule has 0 spiro atoms. The van der Waals surface area contributed by atoms with Crippen LogP contribution in [0.4, 0.5) is 0 Å². The number of aldehydes is 2. The molecule has 3 N–H and O–H groups in total. The zero-order valence-corrected chi connectivity index (χ0v) is 23.6. The number of rotatable bonds is 22. The molecule has 1 unspecified atom stereocenters. The molecule has 14 nitrogen and oxygen atoms in total. The van der Waals surface area contributed by atoms with Gasteiger partial charge in [-0.2, -0.15) is 0 Å². The van der Waals surface area contributed by atoms with E-state index in [0.717, 1.165) is 11.4 Å². The predicted molar refractivity (Wildman–Crippen MR) is 146 cm³/mol. The van der Waals surface area contributed by atoms with Crippen molar-refractivity contribution in [1.29, 1.82) is 0 Å². The molecule has 14 heteroatoms. The standard InChI is InChI=1S/C16H16N2O6.C11H25NO5/c1-17-14(21)11(5-3-7-19)18-15(22)10-4-2-6-12(24-9-8-20)13(10)16(18)23;1-12-2-4-14-6-8-16-10-11-17-9-7-15-5-3-13/h2,4,6-8,11H,3,5,9H2,1H3,(H,17,21);12-13H,2-11H2,1H3. The van der Waals surface area contributed by atoms with Gasteiger partial charge in [0.15, 0.2) is 6.29 Å². The van der Waals surface area contributed by atoms with Crippen molar-refractivity contribution in [3.8, 4) is 5.75 Å². The smallest absolute Gasteiger partial charge is 0.266 e. The molecule has 1 aromatic rings. The lowest BCUT2D eigenvalue weighted by Gasteiger charge is -2.24. The highest BCUT2D eigenvalue weighted by atomic mass is 16.6. The summed E-state index contributed by atoms with van der Waals surface area (Å²) in [4.78, 5) is 59.2. The first kappa shape index (κ1) is 35.8. The molecule has 230 valence electrons. The van der Waals surface area contributed by atoms with Crippen LogP contribution in [0.3, 0.4) is 0 Å². The monoisotopic (exact) mass is 583 g/mol. The maximum absolute atomic E-state index is 12.7. The molecule has 1 heterocycles. The molecule has 1 atom stereocenters. The highest BCUT2D eigenvalue weighted by molar-refractivity contribution is 6.24. The van der Waals surface area contributed by atoms with Gasteiger partial charge in [-0.15, -0.1) is 0 Å². The van der Waals surface area contributed by atoms with Crippen molar-refractivity contribution in [2.75, 3.05) is 86.7 Å². The van der Waals surface area contributed by atoms with E-state index in [1.807, 2.05) is 7.05 Å². The Bertz CT molecular complexity index is 931. The van der Waals surface area contributed by atoms with E-state index in [2.05, 4.69) is 10.6 Å². The number of fused-ring (bicyclic) bond motifs is 1. The molecule has 1 aromatic carbocycles. The van der Waals surface area contributed by atoms with Crippen LogP contribution in [0.15, 0.2) is 18.2 Å². The van der Waals surface area contributed by atoms with E-state index in [4.69, 9.17) is 28.8 Å². The van der Waals surface area contributed by atoms with Crippen LogP contribution in [-0.2, 0) is 33.3 Å². The highest BCUT2D eigenvalue weighted by Gasteiger charge is 2.44. The lowest BCUT2D eigenvalue weighted by molar-refractivity contribution is -0.124. The molecule has 1 aliphatic heterocycles. The number of likely N-dealkylation sites (N-methyl/N-ethyl adjacent to an activating group) is 2. The first-order valence-corrected chi connectivity index (χ1v) is 13.3. The Morgan fingerprint density at radius 1 is 0.902 bits per heavy atom. The number of aliphatic hydroxyl groups is 1. The average Bonchev–Trinajstić information content (AvgIpc) is 3.24. The van der Waals surface area contributed by atoms with E-state index in [9.17, 15) is 24.0 Å². The first-order chi connectivity index (χ1) is 20.0. The summed E-state index contributed by atoms with van der Waals surface area (Å²) in [5.74, 6) is -1.75. The van der Waals surface area contributed by atoms with E-state index >= 15 is 0 Å². The zero-order valence-electron chi connectivity index (χ0n) is 23.6. The van der Waals surface area contributed by atoms with Gasteiger partial charge in [0.2, 0.25) is 5.91 Å². The second kappa shape index (κ2) is 22.4. The van der Waals surface area contributed by atoms with Crippen LogP contribution in [0.5, 0.6) is 5.75 Å². The Morgan fingerprint density at radius 2 is 1.51 bits per heavy atom. The van der Waals surface area contributed by atoms with Crippen molar-refractivity contribution in [3.63, 3.8) is 0 Å². The third kappa shape index (κ3) is 12.8. The minimum absolute atomic E-state index is 0.0179. The molecule has 0 aromatic heterocycles. The van der Waals surface area contributed by atoms with Crippen molar-refractivity contribution in [1.82, 2.24) is 15.5 Å². The summed E-state index contributed by atoms with van der Waals surface area (Å²) in [7, 11) is 3.27. The summed E-state index contributed by atoms with van der Waals surface area (Å²) in [6.45, 7) is 5.08. The Labute approximate surface area is 239 Å². The van der Waals surface area contributed by atoms with Crippen molar-refractivity contribution in [2.45, 2.75) is 18.9 Å². The van der Waals surface area contributed by atoms with Gasteiger partial charge in [0, 0.05) is 20.0 Å². The summed E-state index contributed by atoms with van der Waals surface area (Å²) in [5, 5.41) is 13.8. The fraction of sp³-hybridized carbons (Fsp3) is 0.593. The van der Waals surface area contributed by atoms with Gasteiger partial charge in [0.05, 0.1) is 70.6 Å². The van der Waals surface area contributed by atoms with Crippen LogP contribution in [-0.4, -0.2) is 133 Å². The highest BCUT2D eigenvalue weighted by Crippen LogP contribution is 2.32. The van der Waals surface area contributed by atoms with Crippen molar-refractivity contribution < 1.29 is 52.8 Å². The number of hydrogen-bond acceptors (Lipinski definition) is 12. The Hall–Kier alpha value is -3.27.